The second-order valence-corrected chi connectivity index (χ2v) is 6.04. The van der Waals surface area contributed by atoms with Gasteiger partial charge in [-0.05, 0) is 42.9 Å². The van der Waals surface area contributed by atoms with Gasteiger partial charge < -0.3 is 4.74 Å². The molecule has 1 aromatic carbocycles. The van der Waals surface area contributed by atoms with Crippen molar-refractivity contribution < 1.29 is 4.74 Å². The maximum atomic E-state index is 6.79. The Morgan fingerprint density at radius 1 is 1.33 bits per heavy atom. The van der Waals surface area contributed by atoms with Crippen LogP contribution in [0.4, 0.5) is 0 Å². The molecule has 3 heteroatoms. The Kier molecular flexibility index (Phi) is 4.45. The predicted molar refractivity (Wildman–Crippen MR) is 77.8 cm³/mol. The second-order valence-electron chi connectivity index (χ2n) is 5.17. The van der Waals surface area contributed by atoms with Crippen molar-refractivity contribution in [1.29, 1.82) is 0 Å². The third-order valence-corrected chi connectivity index (χ3v) is 5.24. The molecular weight excluding hydrogens is 267 g/mol. The minimum atomic E-state index is -0.0151. The Labute approximate surface area is 119 Å². The third-order valence-electron chi connectivity index (χ3n) is 4.31. The van der Waals surface area contributed by atoms with E-state index in [2.05, 4.69) is 6.92 Å². The molecule has 18 heavy (non-hydrogen) atoms. The summed E-state index contributed by atoms with van der Waals surface area (Å²) in [6.45, 7) is 2.23. The largest absolute Gasteiger partial charge is 0.496 e. The van der Waals surface area contributed by atoms with Crippen molar-refractivity contribution in [2.45, 2.75) is 44.4 Å². The zero-order valence-corrected chi connectivity index (χ0v) is 12.5. The van der Waals surface area contributed by atoms with Gasteiger partial charge in [0.25, 0.3) is 0 Å². The SMILES string of the molecule is CCC1(C(Cl)c2cc(Cl)ccc2OC)CCCC1. The molecule has 1 aliphatic rings. The van der Waals surface area contributed by atoms with Crippen molar-refractivity contribution in [3.8, 4) is 5.75 Å². The van der Waals surface area contributed by atoms with Gasteiger partial charge in [-0.2, -0.15) is 0 Å². The van der Waals surface area contributed by atoms with Crippen LogP contribution < -0.4 is 4.74 Å². The van der Waals surface area contributed by atoms with E-state index in [-0.39, 0.29) is 10.8 Å². The van der Waals surface area contributed by atoms with E-state index in [1.807, 2.05) is 18.2 Å². The van der Waals surface area contributed by atoms with Crippen LogP contribution in [0.3, 0.4) is 0 Å². The Morgan fingerprint density at radius 2 is 2.00 bits per heavy atom. The zero-order valence-electron chi connectivity index (χ0n) is 11.0. The number of benzene rings is 1. The summed E-state index contributed by atoms with van der Waals surface area (Å²) in [4.78, 5) is 0. The van der Waals surface area contributed by atoms with Crippen LogP contribution in [0, 0.1) is 5.41 Å². The lowest BCUT2D eigenvalue weighted by atomic mass is 9.77. The number of alkyl halides is 1. The van der Waals surface area contributed by atoms with Gasteiger partial charge in [0.1, 0.15) is 5.75 Å². The molecule has 0 aromatic heterocycles. The van der Waals surface area contributed by atoms with Gasteiger partial charge in [0.05, 0.1) is 12.5 Å². The predicted octanol–water partition coefficient (Wildman–Crippen LogP) is 5.60. The maximum Gasteiger partial charge on any atom is 0.123 e. The summed E-state index contributed by atoms with van der Waals surface area (Å²) in [5.74, 6) is 0.846. The van der Waals surface area contributed by atoms with E-state index < -0.39 is 0 Å². The first-order valence-electron chi connectivity index (χ1n) is 6.60. The van der Waals surface area contributed by atoms with Crippen LogP contribution in [-0.2, 0) is 0 Å². The first-order valence-corrected chi connectivity index (χ1v) is 7.42. The third kappa shape index (κ3) is 2.48. The molecule has 1 nitrogen and oxygen atoms in total. The highest BCUT2D eigenvalue weighted by Gasteiger charge is 2.40. The lowest BCUT2D eigenvalue weighted by molar-refractivity contribution is 0.266. The number of methoxy groups -OCH3 is 1. The Balaban J connectivity index is 2.37. The molecule has 1 fully saturated rings. The van der Waals surface area contributed by atoms with E-state index in [4.69, 9.17) is 27.9 Å². The topological polar surface area (TPSA) is 9.23 Å². The van der Waals surface area contributed by atoms with Crippen molar-refractivity contribution in [2.24, 2.45) is 5.41 Å². The number of hydrogen-bond acceptors (Lipinski definition) is 1. The van der Waals surface area contributed by atoms with E-state index in [9.17, 15) is 0 Å². The highest BCUT2D eigenvalue weighted by molar-refractivity contribution is 6.31. The maximum absolute atomic E-state index is 6.79. The fourth-order valence-corrected chi connectivity index (χ4v) is 3.82. The molecule has 0 aliphatic heterocycles. The summed E-state index contributed by atoms with van der Waals surface area (Å²) < 4.78 is 5.43. The number of halogens is 2. The average Bonchev–Trinajstić information content (AvgIpc) is 2.87. The molecule has 1 saturated carbocycles. The molecule has 0 bridgehead atoms. The van der Waals surface area contributed by atoms with Crippen LogP contribution in [-0.4, -0.2) is 7.11 Å². The normalized spacial score (nSPS) is 19.8. The van der Waals surface area contributed by atoms with Crippen LogP contribution >= 0.6 is 23.2 Å². The van der Waals surface area contributed by atoms with E-state index >= 15 is 0 Å². The summed E-state index contributed by atoms with van der Waals surface area (Å²) in [5.41, 5.74) is 1.25. The van der Waals surface area contributed by atoms with Gasteiger partial charge in [-0.1, -0.05) is 31.4 Å². The monoisotopic (exact) mass is 286 g/mol. The van der Waals surface area contributed by atoms with Crippen LogP contribution in [0.1, 0.15) is 50.0 Å². The first-order chi connectivity index (χ1) is 8.63. The molecule has 0 amide bonds. The van der Waals surface area contributed by atoms with Gasteiger partial charge in [-0.3, -0.25) is 0 Å². The van der Waals surface area contributed by atoms with E-state index in [0.717, 1.165) is 22.8 Å². The van der Waals surface area contributed by atoms with Crippen molar-refractivity contribution in [1.82, 2.24) is 0 Å². The summed E-state index contributed by atoms with van der Waals surface area (Å²) >= 11 is 12.9. The van der Waals surface area contributed by atoms with Crippen molar-refractivity contribution in [3.05, 3.63) is 28.8 Å². The average molecular weight is 287 g/mol. The lowest BCUT2D eigenvalue weighted by Crippen LogP contribution is -2.22. The quantitative estimate of drug-likeness (QED) is 0.655. The molecule has 1 atom stereocenters. The summed E-state index contributed by atoms with van der Waals surface area (Å²) in [6.07, 6.45) is 6.07. The number of hydrogen-bond donors (Lipinski definition) is 0. The molecule has 1 aromatic rings. The van der Waals surface area contributed by atoms with Gasteiger partial charge in [0.15, 0.2) is 0 Å². The molecule has 0 saturated heterocycles. The molecule has 0 spiro atoms. The summed E-state index contributed by atoms with van der Waals surface area (Å²) in [5, 5.41) is 0.708. The molecule has 0 radical (unpaired) electrons. The van der Waals surface area contributed by atoms with E-state index in [1.165, 1.54) is 25.7 Å². The van der Waals surface area contributed by atoms with Crippen molar-refractivity contribution in [3.63, 3.8) is 0 Å². The molecule has 100 valence electrons. The van der Waals surface area contributed by atoms with Gasteiger partial charge in [-0.25, -0.2) is 0 Å². The molecule has 0 heterocycles. The Morgan fingerprint density at radius 3 is 2.56 bits per heavy atom. The molecule has 1 unspecified atom stereocenters. The van der Waals surface area contributed by atoms with Crippen LogP contribution in [0.15, 0.2) is 18.2 Å². The van der Waals surface area contributed by atoms with Crippen molar-refractivity contribution >= 4 is 23.2 Å². The standard InChI is InChI=1S/C15H20Cl2O/c1-3-15(8-4-5-9-15)14(17)12-10-11(16)6-7-13(12)18-2/h6-7,10,14H,3-5,8-9H2,1-2H3. The van der Waals surface area contributed by atoms with Gasteiger partial charge in [0, 0.05) is 10.6 Å². The molecule has 1 aliphatic carbocycles. The Bertz CT molecular complexity index is 411. The van der Waals surface area contributed by atoms with Crippen LogP contribution in [0.25, 0.3) is 0 Å². The summed E-state index contributed by atoms with van der Waals surface area (Å²) in [7, 11) is 1.68. The number of ether oxygens (including phenoxy) is 1. The fraction of sp³-hybridized carbons (Fsp3) is 0.600. The first kappa shape index (κ1) is 14.0. The Hall–Kier alpha value is -0.400. The molecular formula is C15H20Cl2O. The van der Waals surface area contributed by atoms with E-state index in [1.54, 1.807) is 7.11 Å². The second kappa shape index (κ2) is 5.71. The van der Waals surface area contributed by atoms with Crippen LogP contribution in [0.5, 0.6) is 5.75 Å². The van der Waals surface area contributed by atoms with Crippen molar-refractivity contribution in [2.75, 3.05) is 7.11 Å². The number of rotatable bonds is 4. The minimum Gasteiger partial charge on any atom is -0.496 e. The van der Waals surface area contributed by atoms with Crippen LogP contribution in [0.2, 0.25) is 5.02 Å². The molecule has 0 N–H and O–H groups in total. The minimum absolute atomic E-state index is 0.0151. The molecule has 2 rings (SSSR count). The fourth-order valence-electron chi connectivity index (χ4n) is 3.10. The van der Waals surface area contributed by atoms with Gasteiger partial charge >= 0.3 is 0 Å². The zero-order chi connectivity index (χ0) is 13.2. The highest BCUT2D eigenvalue weighted by Crippen LogP contribution is 2.54. The van der Waals surface area contributed by atoms with Gasteiger partial charge in [-0.15, -0.1) is 11.6 Å². The smallest absolute Gasteiger partial charge is 0.123 e. The lowest BCUT2D eigenvalue weighted by Gasteiger charge is -2.33. The van der Waals surface area contributed by atoms with Gasteiger partial charge in [0.2, 0.25) is 0 Å². The summed E-state index contributed by atoms with van der Waals surface area (Å²) in [6, 6.07) is 5.71. The highest BCUT2D eigenvalue weighted by atomic mass is 35.5. The van der Waals surface area contributed by atoms with E-state index in [0.29, 0.717) is 0 Å².